The van der Waals surface area contributed by atoms with Crippen molar-refractivity contribution in [3.8, 4) is 0 Å². The predicted octanol–water partition coefficient (Wildman–Crippen LogP) is 3.07. The number of aliphatic hydroxyl groups is 1. The normalized spacial score (nSPS) is 12.8. The molecule has 0 bridgehead atoms. The van der Waals surface area contributed by atoms with Crippen LogP contribution < -0.4 is 0 Å². The molecule has 0 fully saturated rings. The molecule has 20 heavy (non-hydrogen) atoms. The van der Waals surface area contributed by atoms with Gasteiger partial charge in [0.25, 0.3) is 0 Å². The molecule has 0 aliphatic heterocycles. The molecule has 2 aromatic heterocycles. The highest BCUT2D eigenvalue weighted by molar-refractivity contribution is 7.99. The van der Waals surface area contributed by atoms with Crippen LogP contribution in [0, 0.1) is 5.82 Å². The van der Waals surface area contributed by atoms with E-state index in [-0.39, 0.29) is 5.82 Å². The summed E-state index contributed by atoms with van der Waals surface area (Å²) in [6.07, 6.45) is 1.08. The lowest BCUT2D eigenvalue weighted by Crippen LogP contribution is -1.97. The summed E-state index contributed by atoms with van der Waals surface area (Å²) in [5, 5.41) is 18.4. The van der Waals surface area contributed by atoms with E-state index in [1.165, 1.54) is 6.07 Å². The molecular weight excluding hydrogens is 277 g/mol. The zero-order valence-corrected chi connectivity index (χ0v) is 11.5. The van der Waals surface area contributed by atoms with Crippen LogP contribution >= 0.6 is 11.8 Å². The van der Waals surface area contributed by atoms with Crippen molar-refractivity contribution < 1.29 is 9.50 Å². The van der Waals surface area contributed by atoms with Crippen LogP contribution in [-0.4, -0.2) is 19.7 Å². The molecule has 0 aliphatic rings. The molecule has 0 aliphatic carbocycles. The average Bonchev–Trinajstić information content (AvgIpc) is 2.84. The Hall–Kier alpha value is -1.92. The van der Waals surface area contributed by atoms with E-state index in [0.29, 0.717) is 21.3 Å². The van der Waals surface area contributed by atoms with Crippen LogP contribution in [0.15, 0.2) is 52.6 Å². The van der Waals surface area contributed by atoms with E-state index >= 15 is 0 Å². The molecule has 0 spiro atoms. The van der Waals surface area contributed by atoms with Crippen molar-refractivity contribution >= 4 is 17.4 Å². The van der Waals surface area contributed by atoms with Crippen LogP contribution in [0.25, 0.3) is 5.65 Å². The zero-order valence-electron chi connectivity index (χ0n) is 10.7. The van der Waals surface area contributed by atoms with Crippen molar-refractivity contribution in [2.24, 2.45) is 0 Å². The molecule has 1 atom stereocenters. The van der Waals surface area contributed by atoms with Gasteiger partial charge in [-0.25, -0.2) is 4.39 Å². The van der Waals surface area contributed by atoms with Crippen molar-refractivity contribution in [1.82, 2.24) is 14.6 Å². The van der Waals surface area contributed by atoms with E-state index in [9.17, 15) is 9.50 Å². The van der Waals surface area contributed by atoms with E-state index in [1.54, 1.807) is 23.5 Å². The fourth-order valence-electron chi connectivity index (χ4n) is 1.94. The zero-order chi connectivity index (χ0) is 14.1. The fraction of sp³-hybridized carbons (Fsp3) is 0.143. The second-order valence-electron chi connectivity index (χ2n) is 4.35. The Kier molecular flexibility index (Phi) is 3.42. The minimum Gasteiger partial charge on any atom is -0.389 e. The summed E-state index contributed by atoms with van der Waals surface area (Å²) in [5.74, 6) is -0.374. The first-order valence-corrected chi connectivity index (χ1v) is 6.92. The van der Waals surface area contributed by atoms with Gasteiger partial charge in [-0.2, -0.15) is 0 Å². The number of aliphatic hydroxyl groups excluding tert-OH is 1. The van der Waals surface area contributed by atoms with E-state index in [0.717, 1.165) is 11.8 Å². The topological polar surface area (TPSA) is 50.4 Å². The minimum absolute atomic E-state index is 0.374. The van der Waals surface area contributed by atoms with Gasteiger partial charge in [-0.3, -0.25) is 4.40 Å². The maximum absolute atomic E-state index is 14.0. The van der Waals surface area contributed by atoms with E-state index in [2.05, 4.69) is 10.2 Å². The first kappa shape index (κ1) is 13.1. The van der Waals surface area contributed by atoms with Gasteiger partial charge in [-0.15, -0.1) is 10.2 Å². The Bertz CT molecular complexity index is 757. The number of halogens is 1. The van der Waals surface area contributed by atoms with Crippen LogP contribution in [-0.2, 0) is 0 Å². The number of fused-ring (bicyclic) bond motifs is 1. The molecule has 1 N–H and O–H groups in total. The molecular formula is C14H12FN3OS. The number of nitrogens with zero attached hydrogens (tertiary/aromatic N) is 3. The largest absolute Gasteiger partial charge is 0.389 e. The van der Waals surface area contributed by atoms with Gasteiger partial charge in [0.1, 0.15) is 5.82 Å². The van der Waals surface area contributed by atoms with Crippen LogP contribution in [0.2, 0.25) is 0 Å². The standard InChI is InChI=1S/C14H12FN3OS/c1-9(19)10-5-4-6-11(15)13(10)20-14-17-16-12-7-2-3-8-18(12)14/h2-9,19H,1H3/t9-/m0/s1. The van der Waals surface area contributed by atoms with Crippen molar-refractivity contribution in [2.75, 3.05) is 0 Å². The summed E-state index contributed by atoms with van der Waals surface area (Å²) in [6.45, 7) is 1.61. The third-order valence-corrected chi connectivity index (χ3v) is 4.02. The van der Waals surface area contributed by atoms with E-state index < -0.39 is 6.10 Å². The number of rotatable bonds is 3. The summed E-state index contributed by atoms with van der Waals surface area (Å²) < 4.78 is 15.8. The molecule has 4 nitrogen and oxygen atoms in total. The Morgan fingerprint density at radius 3 is 2.85 bits per heavy atom. The Morgan fingerprint density at radius 2 is 2.05 bits per heavy atom. The maximum Gasteiger partial charge on any atom is 0.200 e. The van der Waals surface area contributed by atoms with Crippen LogP contribution in [0.3, 0.4) is 0 Å². The Balaban J connectivity index is 2.07. The van der Waals surface area contributed by atoms with Gasteiger partial charge in [0, 0.05) is 6.20 Å². The summed E-state index contributed by atoms with van der Waals surface area (Å²) in [6, 6.07) is 10.2. The summed E-state index contributed by atoms with van der Waals surface area (Å²) >= 11 is 1.16. The number of hydrogen-bond donors (Lipinski definition) is 1. The molecule has 0 amide bonds. The molecule has 3 aromatic rings. The third-order valence-electron chi connectivity index (χ3n) is 2.92. The van der Waals surface area contributed by atoms with Gasteiger partial charge in [-0.05, 0) is 42.4 Å². The lowest BCUT2D eigenvalue weighted by Gasteiger charge is -2.11. The van der Waals surface area contributed by atoms with Gasteiger partial charge in [0.05, 0.1) is 11.0 Å². The highest BCUT2D eigenvalue weighted by atomic mass is 32.2. The van der Waals surface area contributed by atoms with Gasteiger partial charge >= 0.3 is 0 Å². The molecule has 6 heteroatoms. The molecule has 0 radical (unpaired) electrons. The second kappa shape index (κ2) is 5.22. The molecule has 0 saturated carbocycles. The smallest absolute Gasteiger partial charge is 0.200 e. The summed E-state index contributed by atoms with van der Waals surface area (Å²) in [5.41, 5.74) is 1.24. The van der Waals surface area contributed by atoms with Gasteiger partial charge in [-0.1, -0.05) is 18.2 Å². The predicted molar refractivity (Wildman–Crippen MR) is 74.1 cm³/mol. The monoisotopic (exact) mass is 289 g/mol. The van der Waals surface area contributed by atoms with Crippen LogP contribution in [0.1, 0.15) is 18.6 Å². The van der Waals surface area contributed by atoms with Crippen LogP contribution in [0.5, 0.6) is 0 Å². The lowest BCUT2D eigenvalue weighted by atomic mass is 10.1. The van der Waals surface area contributed by atoms with E-state index in [1.807, 2.05) is 24.4 Å². The maximum atomic E-state index is 14.0. The summed E-state index contributed by atoms with van der Waals surface area (Å²) in [4.78, 5) is 0.376. The number of aromatic nitrogens is 3. The highest BCUT2D eigenvalue weighted by Gasteiger charge is 2.16. The van der Waals surface area contributed by atoms with Gasteiger partial charge in [0.2, 0.25) is 5.16 Å². The quantitative estimate of drug-likeness (QED) is 0.805. The van der Waals surface area contributed by atoms with E-state index in [4.69, 9.17) is 0 Å². The number of hydrogen-bond acceptors (Lipinski definition) is 4. The van der Waals surface area contributed by atoms with Gasteiger partial charge < -0.3 is 5.11 Å². The van der Waals surface area contributed by atoms with Crippen LogP contribution in [0.4, 0.5) is 4.39 Å². The molecule has 3 rings (SSSR count). The SMILES string of the molecule is C[C@H](O)c1cccc(F)c1Sc1nnc2ccccn12. The van der Waals surface area contributed by atoms with Crippen molar-refractivity contribution in [1.29, 1.82) is 0 Å². The Morgan fingerprint density at radius 1 is 1.20 bits per heavy atom. The molecule has 1 aromatic carbocycles. The molecule has 0 unspecified atom stereocenters. The molecule has 102 valence electrons. The summed E-state index contributed by atoms with van der Waals surface area (Å²) in [7, 11) is 0. The van der Waals surface area contributed by atoms with Crippen molar-refractivity contribution in [3.05, 3.63) is 54.0 Å². The highest BCUT2D eigenvalue weighted by Crippen LogP contribution is 2.34. The number of pyridine rings is 1. The lowest BCUT2D eigenvalue weighted by molar-refractivity contribution is 0.195. The second-order valence-corrected chi connectivity index (χ2v) is 5.33. The van der Waals surface area contributed by atoms with Crippen molar-refractivity contribution in [2.45, 2.75) is 23.1 Å². The molecule has 2 heterocycles. The first-order valence-electron chi connectivity index (χ1n) is 6.11. The fourth-order valence-corrected chi connectivity index (χ4v) is 2.98. The van der Waals surface area contributed by atoms with Gasteiger partial charge in [0.15, 0.2) is 5.65 Å². The first-order chi connectivity index (χ1) is 9.66. The molecule has 0 saturated heterocycles. The average molecular weight is 289 g/mol. The minimum atomic E-state index is -0.743. The van der Waals surface area contributed by atoms with Crippen molar-refractivity contribution in [3.63, 3.8) is 0 Å². The Labute approximate surface area is 119 Å². The third kappa shape index (κ3) is 2.28. The number of benzene rings is 1.